The number of nitrogens with zero attached hydrogens (tertiary/aromatic N) is 1. The summed E-state index contributed by atoms with van der Waals surface area (Å²) >= 11 is 0. The van der Waals surface area contributed by atoms with Crippen LogP contribution in [0.3, 0.4) is 0 Å². The molecule has 2 unspecified atom stereocenters. The summed E-state index contributed by atoms with van der Waals surface area (Å²) in [4.78, 5) is 25.1. The van der Waals surface area contributed by atoms with E-state index >= 15 is 0 Å². The minimum atomic E-state index is -1.00. The number of amides is 2. The summed E-state index contributed by atoms with van der Waals surface area (Å²) in [5.74, 6) is -1.00. The Morgan fingerprint density at radius 2 is 1.95 bits per heavy atom. The number of ether oxygens (including phenoxy) is 1. The second-order valence-corrected chi connectivity index (χ2v) is 5.63. The van der Waals surface area contributed by atoms with Crippen LogP contribution >= 0.6 is 0 Å². The maximum Gasteiger partial charge on any atom is 0.335 e. The minimum Gasteiger partial charge on any atom is -0.478 e. The molecule has 6 nitrogen and oxygen atoms in total. The molecule has 2 heterocycles. The van der Waals surface area contributed by atoms with Gasteiger partial charge in [0.15, 0.2) is 0 Å². The molecule has 2 atom stereocenters. The first-order valence-electron chi connectivity index (χ1n) is 7.08. The van der Waals surface area contributed by atoms with E-state index in [4.69, 9.17) is 9.84 Å². The molecular weight excluding hydrogens is 272 g/mol. The minimum absolute atomic E-state index is 0.140. The molecule has 0 aliphatic carbocycles. The Kier molecular flexibility index (Phi) is 3.55. The van der Waals surface area contributed by atoms with Crippen LogP contribution in [0, 0.1) is 6.92 Å². The number of aromatic carboxylic acids is 1. The molecule has 2 amide bonds. The summed E-state index contributed by atoms with van der Waals surface area (Å²) in [6.45, 7) is 3.03. The second kappa shape index (κ2) is 5.37. The summed E-state index contributed by atoms with van der Waals surface area (Å²) in [6.07, 6.45) is 2.28. The van der Waals surface area contributed by atoms with Gasteiger partial charge in [-0.25, -0.2) is 9.59 Å². The van der Waals surface area contributed by atoms with Gasteiger partial charge in [0.05, 0.1) is 17.8 Å². The van der Waals surface area contributed by atoms with Gasteiger partial charge < -0.3 is 20.1 Å². The number of benzene rings is 1. The van der Waals surface area contributed by atoms with Crippen LogP contribution in [0.1, 0.15) is 28.8 Å². The van der Waals surface area contributed by atoms with Crippen LogP contribution in [0.5, 0.6) is 0 Å². The second-order valence-electron chi connectivity index (χ2n) is 5.63. The zero-order valence-corrected chi connectivity index (χ0v) is 11.8. The molecule has 3 rings (SSSR count). The summed E-state index contributed by atoms with van der Waals surface area (Å²) in [6, 6.07) is 4.52. The number of nitrogens with one attached hydrogen (secondary N) is 1. The Balaban J connectivity index is 1.72. The zero-order chi connectivity index (χ0) is 15.0. The van der Waals surface area contributed by atoms with Gasteiger partial charge in [-0.3, -0.25) is 0 Å². The highest BCUT2D eigenvalue weighted by atomic mass is 16.5. The van der Waals surface area contributed by atoms with Crippen molar-refractivity contribution in [1.82, 2.24) is 4.90 Å². The lowest BCUT2D eigenvalue weighted by Gasteiger charge is -2.32. The molecule has 2 N–H and O–H groups in total. The summed E-state index contributed by atoms with van der Waals surface area (Å²) < 4.78 is 5.70. The third kappa shape index (κ3) is 2.85. The van der Waals surface area contributed by atoms with Crippen molar-refractivity contribution < 1.29 is 19.4 Å². The fraction of sp³-hybridized carbons (Fsp3) is 0.467. The van der Waals surface area contributed by atoms with Crippen molar-refractivity contribution in [1.29, 1.82) is 0 Å². The molecule has 2 aliphatic rings. The van der Waals surface area contributed by atoms with E-state index in [-0.39, 0.29) is 23.8 Å². The van der Waals surface area contributed by atoms with Crippen LogP contribution in [0.25, 0.3) is 0 Å². The largest absolute Gasteiger partial charge is 0.478 e. The number of hydrogen-bond acceptors (Lipinski definition) is 3. The van der Waals surface area contributed by atoms with E-state index in [1.807, 2.05) is 6.92 Å². The van der Waals surface area contributed by atoms with E-state index in [9.17, 15) is 9.59 Å². The van der Waals surface area contributed by atoms with Gasteiger partial charge in [0, 0.05) is 18.8 Å². The molecule has 0 radical (unpaired) electrons. The molecule has 112 valence electrons. The molecule has 2 bridgehead atoms. The first-order chi connectivity index (χ1) is 10.0. The molecule has 2 fully saturated rings. The fourth-order valence-electron chi connectivity index (χ4n) is 2.86. The normalized spacial score (nSPS) is 24.0. The number of aryl methyl sites for hydroxylation is 1. The number of rotatable bonds is 2. The maximum absolute atomic E-state index is 12.3. The van der Waals surface area contributed by atoms with Gasteiger partial charge in [-0.2, -0.15) is 0 Å². The van der Waals surface area contributed by atoms with E-state index in [1.165, 1.54) is 12.1 Å². The predicted molar refractivity (Wildman–Crippen MR) is 76.6 cm³/mol. The molecule has 1 aromatic carbocycles. The SMILES string of the molecule is Cc1ccc(C(=O)O)cc1NC(=O)N1CC2CCC(C1)O2. The Bertz CT molecular complexity index is 575. The molecule has 2 aliphatic heterocycles. The number of urea groups is 1. The molecule has 0 spiro atoms. The third-order valence-corrected chi connectivity index (χ3v) is 4.06. The van der Waals surface area contributed by atoms with Gasteiger partial charge in [0.1, 0.15) is 0 Å². The zero-order valence-electron chi connectivity index (χ0n) is 11.8. The van der Waals surface area contributed by atoms with Gasteiger partial charge >= 0.3 is 12.0 Å². The van der Waals surface area contributed by atoms with Gasteiger partial charge in [-0.1, -0.05) is 6.07 Å². The molecule has 21 heavy (non-hydrogen) atoms. The number of carbonyl (C=O) groups excluding carboxylic acids is 1. The highest BCUT2D eigenvalue weighted by Crippen LogP contribution is 2.27. The summed E-state index contributed by atoms with van der Waals surface area (Å²) in [5, 5.41) is 11.8. The van der Waals surface area contributed by atoms with E-state index < -0.39 is 5.97 Å². The van der Waals surface area contributed by atoms with Gasteiger partial charge in [0.25, 0.3) is 0 Å². The number of morpholine rings is 1. The quantitative estimate of drug-likeness (QED) is 0.874. The van der Waals surface area contributed by atoms with E-state index in [2.05, 4.69) is 5.32 Å². The summed E-state index contributed by atoms with van der Waals surface area (Å²) in [7, 11) is 0. The van der Waals surface area contributed by atoms with Crippen LogP contribution in [0.4, 0.5) is 10.5 Å². The molecular formula is C15H18N2O4. The van der Waals surface area contributed by atoms with Gasteiger partial charge in [0.2, 0.25) is 0 Å². The number of carboxylic acid groups (broad SMARTS) is 1. The number of carboxylic acids is 1. The van der Waals surface area contributed by atoms with Crippen molar-refractivity contribution in [3.63, 3.8) is 0 Å². The van der Waals surface area contributed by atoms with Gasteiger partial charge in [-0.15, -0.1) is 0 Å². The molecule has 6 heteroatoms. The third-order valence-electron chi connectivity index (χ3n) is 4.06. The Morgan fingerprint density at radius 1 is 1.29 bits per heavy atom. The topological polar surface area (TPSA) is 78.9 Å². The van der Waals surface area contributed by atoms with Crippen molar-refractivity contribution in [2.45, 2.75) is 32.0 Å². The van der Waals surface area contributed by atoms with Crippen molar-refractivity contribution in [2.75, 3.05) is 18.4 Å². The first-order valence-corrected chi connectivity index (χ1v) is 7.08. The maximum atomic E-state index is 12.3. The number of anilines is 1. The van der Waals surface area contributed by atoms with Crippen LogP contribution in [0.2, 0.25) is 0 Å². The molecule has 1 aromatic rings. The van der Waals surface area contributed by atoms with Crippen molar-refractivity contribution in [3.05, 3.63) is 29.3 Å². The Labute approximate surface area is 122 Å². The first kappa shape index (κ1) is 13.9. The Hall–Kier alpha value is -2.08. The average molecular weight is 290 g/mol. The lowest BCUT2D eigenvalue weighted by Crippen LogP contribution is -2.47. The smallest absolute Gasteiger partial charge is 0.335 e. The highest BCUT2D eigenvalue weighted by molar-refractivity contribution is 5.94. The fourth-order valence-corrected chi connectivity index (χ4v) is 2.86. The van der Waals surface area contributed by atoms with E-state index in [0.29, 0.717) is 18.8 Å². The van der Waals surface area contributed by atoms with E-state index in [1.54, 1.807) is 11.0 Å². The van der Waals surface area contributed by atoms with Crippen LogP contribution in [0.15, 0.2) is 18.2 Å². The van der Waals surface area contributed by atoms with Crippen molar-refractivity contribution in [3.8, 4) is 0 Å². The lowest BCUT2D eigenvalue weighted by atomic mass is 10.1. The molecule has 0 saturated carbocycles. The lowest BCUT2D eigenvalue weighted by molar-refractivity contribution is -0.0219. The van der Waals surface area contributed by atoms with Crippen LogP contribution < -0.4 is 5.32 Å². The number of carbonyl (C=O) groups is 2. The average Bonchev–Trinajstić information content (AvgIpc) is 2.79. The molecule has 0 aromatic heterocycles. The predicted octanol–water partition coefficient (Wildman–Crippen LogP) is 2.09. The van der Waals surface area contributed by atoms with Crippen LogP contribution in [-0.2, 0) is 4.74 Å². The van der Waals surface area contributed by atoms with E-state index in [0.717, 1.165) is 18.4 Å². The van der Waals surface area contributed by atoms with Gasteiger partial charge in [-0.05, 0) is 37.5 Å². The van der Waals surface area contributed by atoms with Crippen molar-refractivity contribution in [2.24, 2.45) is 0 Å². The highest BCUT2D eigenvalue weighted by Gasteiger charge is 2.35. The van der Waals surface area contributed by atoms with Crippen LogP contribution in [-0.4, -0.2) is 47.3 Å². The number of fused-ring (bicyclic) bond motifs is 2. The monoisotopic (exact) mass is 290 g/mol. The molecule has 2 saturated heterocycles. The summed E-state index contributed by atoms with van der Waals surface area (Å²) in [5.41, 5.74) is 1.54. The number of hydrogen-bond donors (Lipinski definition) is 2. The van der Waals surface area contributed by atoms with Crippen molar-refractivity contribution >= 4 is 17.7 Å². The standard InChI is InChI=1S/C15H18N2O4/c1-9-2-3-10(14(18)19)6-13(9)16-15(20)17-7-11-4-5-12(8-17)21-11/h2-3,6,11-12H,4-5,7-8H2,1H3,(H,16,20)(H,18,19). The Morgan fingerprint density at radius 3 is 2.57 bits per heavy atom. The number of likely N-dealkylation sites (tertiary alicyclic amines) is 1.